The number of hydrogen-bond acceptors (Lipinski definition) is 3. The number of nitrogens with zero attached hydrogens (tertiary/aromatic N) is 1. The Morgan fingerprint density at radius 2 is 1.79 bits per heavy atom. The van der Waals surface area contributed by atoms with Crippen LogP contribution in [0.5, 0.6) is 5.88 Å². The molecule has 19 heavy (non-hydrogen) atoms. The highest BCUT2D eigenvalue weighted by Gasteiger charge is 2.15. The minimum Gasteiger partial charge on any atom is -0.474 e. The van der Waals surface area contributed by atoms with E-state index in [0.717, 1.165) is 18.1 Å². The van der Waals surface area contributed by atoms with Crippen LogP contribution in [0.1, 0.15) is 51.4 Å². The van der Waals surface area contributed by atoms with Gasteiger partial charge >= 0.3 is 0 Å². The van der Waals surface area contributed by atoms with Gasteiger partial charge in [-0.25, -0.2) is 4.98 Å². The van der Waals surface area contributed by atoms with Crippen LogP contribution in [0.15, 0.2) is 6.07 Å². The number of hydrogen-bond donors (Lipinski definition) is 1. The third-order valence-electron chi connectivity index (χ3n) is 3.36. The molecule has 0 saturated heterocycles. The third-order valence-corrected chi connectivity index (χ3v) is 3.36. The first-order valence-electron chi connectivity index (χ1n) is 7.18. The van der Waals surface area contributed by atoms with Gasteiger partial charge in [0.1, 0.15) is 0 Å². The van der Waals surface area contributed by atoms with Crippen LogP contribution in [-0.4, -0.2) is 17.1 Å². The maximum Gasteiger partial charge on any atom is 0.218 e. The zero-order valence-corrected chi connectivity index (χ0v) is 13.4. The zero-order chi connectivity index (χ0) is 14.6. The Kier molecular flexibility index (Phi) is 5.80. The lowest BCUT2D eigenvalue weighted by atomic mass is 10.1. The van der Waals surface area contributed by atoms with E-state index in [1.54, 1.807) is 0 Å². The molecule has 0 aromatic carbocycles. The SMILES string of the molecule is Cc1cc(C)c(CNC(C)C)c(OC(C)C(C)C)n1. The van der Waals surface area contributed by atoms with E-state index in [1.165, 1.54) is 11.1 Å². The van der Waals surface area contributed by atoms with Gasteiger partial charge in [-0.05, 0) is 38.3 Å². The first-order chi connectivity index (χ1) is 8.81. The lowest BCUT2D eigenvalue weighted by Gasteiger charge is -2.21. The maximum absolute atomic E-state index is 6.05. The van der Waals surface area contributed by atoms with Crippen molar-refractivity contribution in [1.29, 1.82) is 0 Å². The number of aromatic nitrogens is 1. The molecule has 3 heteroatoms. The van der Waals surface area contributed by atoms with Crippen LogP contribution >= 0.6 is 0 Å². The smallest absolute Gasteiger partial charge is 0.218 e. The number of ether oxygens (including phenoxy) is 1. The number of nitrogens with one attached hydrogen (secondary N) is 1. The Morgan fingerprint density at radius 3 is 2.32 bits per heavy atom. The molecular weight excluding hydrogens is 236 g/mol. The molecule has 1 aromatic heterocycles. The van der Waals surface area contributed by atoms with E-state index in [-0.39, 0.29) is 6.10 Å². The molecule has 1 N–H and O–H groups in total. The summed E-state index contributed by atoms with van der Waals surface area (Å²) in [5, 5.41) is 3.44. The van der Waals surface area contributed by atoms with E-state index in [1.807, 2.05) is 6.92 Å². The fourth-order valence-corrected chi connectivity index (χ4v) is 1.76. The van der Waals surface area contributed by atoms with Crippen molar-refractivity contribution in [2.75, 3.05) is 0 Å². The highest BCUT2D eigenvalue weighted by molar-refractivity contribution is 5.36. The van der Waals surface area contributed by atoms with Crippen molar-refractivity contribution in [3.63, 3.8) is 0 Å². The van der Waals surface area contributed by atoms with Gasteiger partial charge in [0.05, 0.1) is 6.10 Å². The largest absolute Gasteiger partial charge is 0.474 e. The summed E-state index contributed by atoms with van der Waals surface area (Å²) in [5.74, 6) is 1.26. The summed E-state index contributed by atoms with van der Waals surface area (Å²) in [7, 11) is 0. The number of aryl methyl sites for hydroxylation is 2. The summed E-state index contributed by atoms with van der Waals surface area (Å²) < 4.78 is 6.05. The van der Waals surface area contributed by atoms with E-state index in [0.29, 0.717) is 12.0 Å². The summed E-state index contributed by atoms with van der Waals surface area (Å²) in [5.41, 5.74) is 3.43. The molecule has 1 unspecified atom stereocenters. The topological polar surface area (TPSA) is 34.1 Å². The Balaban J connectivity index is 2.99. The number of pyridine rings is 1. The Bertz CT molecular complexity index is 413. The third kappa shape index (κ3) is 4.83. The fraction of sp³-hybridized carbons (Fsp3) is 0.688. The molecule has 0 radical (unpaired) electrons. The summed E-state index contributed by atoms with van der Waals surface area (Å²) in [6, 6.07) is 2.57. The molecule has 108 valence electrons. The van der Waals surface area contributed by atoms with E-state index in [4.69, 9.17) is 4.74 Å². The van der Waals surface area contributed by atoms with Crippen LogP contribution in [0, 0.1) is 19.8 Å². The molecule has 0 aliphatic heterocycles. The highest BCUT2D eigenvalue weighted by atomic mass is 16.5. The van der Waals surface area contributed by atoms with Crippen LogP contribution < -0.4 is 10.1 Å². The molecule has 0 saturated carbocycles. The van der Waals surface area contributed by atoms with Crippen molar-refractivity contribution in [2.24, 2.45) is 5.92 Å². The standard InChI is InChI=1S/C16H28N2O/c1-10(2)14(7)19-16-15(9-17-11(3)4)12(5)8-13(6)18-16/h8,10-11,14,17H,9H2,1-7H3. The van der Waals surface area contributed by atoms with Crippen molar-refractivity contribution in [3.05, 3.63) is 22.9 Å². The second-order valence-corrected chi connectivity index (χ2v) is 5.97. The zero-order valence-electron chi connectivity index (χ0n) is 13.4. The predicted octanol–water partition coefficient (Wildman–Crippen LogP) is 3.62. The van der Waals surface area contributed by atoms with Gasteiger partial charge in [0.2, 0.25) is 5.88 Å². The molecule has 0 amide bonds. The van der Waals surface area contributed by atoms with Crippen molar-refractivity contribution in [3.8, 4) is 5.88 Å². The average Bonchev–Trinajstić information content (AvgIpc) is 2.26. The van der Waals surface area contributed by atoms with E-state index < -0.39 is 0 Å². The van der Waals surface area contributed by atoms with Gasteiger partial charge in [0.15, 0.2) is 0 Å². The van der Waals surface area contributed by atoms with Gasteiger partial charge in [-0.2, -0.15) is 0 Å². The van der Waals surface area contributed by atoms with Crippen LogP contribution in [0.25, 0.3) is 0 Å². The predicted molar refractivity (Wildman–Crippen MR) is 80.6 cm³/mol. The van der Waals surface area contributed by atoms with E-state index >= 15 is 0 Å². The van der Waals surface area contributed by atoms with Gasteiger partial charge in [-0.15, -0.1) is 0 Å². The second-order valence-electron chi connectivity index (χ2n) is 5.97. The lowest BCUT2D eigenvalue weighted by molar-refractivity contribution is 0.161. The lowest BCUT2D eigenvalue weighted by Crippen LogP contribution is -2.25. The average molecular weight is 264 g/mol. The van der Waals surface area contributed by atoms with Crippen LogP contribution in [0.3, 0.4) is 0 Å². The van der Waals surface area contributed by atoms with Gasteiger partial charge in [0, 0.05) is 23.8 Å². The molecule has 0 aliphatic rings. The van der Waals surface area contributed by atoms with Crippen molar-refractivity contribution in [1.82, 2.24) is 10.3 Å². The summed E-state index contributed by atoms with van der Waals surface area (Å²) in [4.78, 5) is 4.57. The monoisotopic (exact) mass is 264 g/mol. The molecule has 3 nitrogen and oxygen atoms in total. The highest BCUT2D eigenvalue weighted by Crippen LogP contribution is 2.23. The molecule has 1 rings (SSSR count). The molecular formula is C16H28N2O. The van der Waals surface area contributed by atoms with Crippen LogP contribution in [0.4, 0.5) is 0 Å². The van der Waals surface area contributed by atoms with E-state index in [9.17, 15) is 0 Å². The van der Waals surface area contributed by atoms with Crippen molar-refractivity contribution in [2.45, 2.75) is 67.2 Å². The summed E-state index contributed by atoms with van der Waals surface area (Å²) in [6.07, 6.45) is 0.173. The van der Waals surface area contributed by atoms with Gasteiger partial charge in [-0.3, -0.25) is 0 Å². The van der Waals surface area contributed by atoms with Crippen molar-refractivity contribution < 1.29 is 4.74 Å². The van der Waals surface area contributed by atoms with Gasteiger partial charge in [-0.1, -0.05) is 27.7 Å². The Morgan fingerprint density at radius 1 is 1.16 bits per heavy atom. The number of rotatable bonds is 6. The Hall–Kier alpha value is -1.09. The Labute approximate surface area is 117 Å². The minimum absolute atomic E-state index is 0.173. The first kappa shape index (κ1) is 16.0. The van der Waals surface area contributed by atoms with Crippen molar-refractivity contribution >= 4 is 0 Å². The van der Waals surface area contributed by atoms with Crippen LogP contribution in [-0.2, 0) is 6.54 Å². The second kappa shape index (κ2) is 6.90. The summed E-state index contributed by atoms with van der Waals surface area (Å²) in [6.45, 7) is 15.7. The molecule has 1 heterocycles. The molecule has 1 atom stereocenters. The maximum atomic E-state index is 6.05. The molecule has 0 aliphatic carbocycles. The normalized spacial score (nSPS) is 13.1. The molecule has 1 aromatic rings. The molecule has 0 fully saturated rings. The first-order valence-corrected chi connectivity index (χ1v) is 7.18. The molecule has 0 spiro atoms. The van der Waals surface area contributed by atoms with Gasteiger partial charge in [0.25, 0.3) is 0 Å². The summed E-state index contributed by atoms with van der Waals surface area (Å²) >= 11 is 0. The minimum atomic E-state index is 0.173. The van der Waals surface area contributed by atoms with Gasteiger partial charge < -0.3 is 10.1 Å². The quantitative estimate of drug-likeness (QED) is 0.852. The van der Waals surface area contributed by atoms with Crippen LogP contribution in [0.2, 0.25) is 0 Å². The fourth-order valence-electron chi connectivity index (χ4n) is 1.76. The molecule has 0 bridgehead atoms. The van der Waals surface area contributed by atoms with E-state index in [2.05, 4.69) is 57.9 Å².